The fraction of sp³-hybridized carbons (Fsp3) is 0.125. The molecule has 3 rings (SSSR count). The van der Waals surface area contributed by atoms with Crippen molar-refractivity contribution >= 4 is 43.7 Å². The number of sulfonamides is 1. The van der Waals surface area contributed by atoms with Crippen LogP contribution in [0.1, 0.15) is 0 Å². The molecule has 6 nitrogen and oxygen atoms in total. The number of anilines is 1. The Balaban J connectivity index is 1.76. The second-order valence-corrected chi connectivity index (χ2v) is 8.36. The normalized spacial score (nSPS) is 11.8. The van der Waals surface area contributed by atoms with Crippen LogP contribution in [0.2, 0.25) is 0 Å². The van der Waals surface area contributed by atoms with Crippen molar-refractivity contribution in [1.82, 2.24) is 9.29 Å². The van der Waals surface area contributed by atoms with Crippen molar-refractivity contribution in [3.63, 3.8) is 0 Å². The van der Waals surface area contributed by atoms with E-state index in [0.717, 1.165) is 26.4 Å². The summed E-state index contributed by atoms with van der Waals surface area (Å²) in [6.45, 7) is -0.262. The number of likely N-dealkylation sites (N-methyl/N-ethyl adjacent to an activating group) is 1. The lowest BCUT2D eigenvalue weighted by Crippen LogP contribution is -2.34. The molecule has 0 atom stereocenters. The Kier molecular flexibility index (Phi) is 4.61. The molecule has 0 aliphatic rings. The second-order valence-electron chi connectivity index (χ2n) is 5.14. The van der Waals surface area contributed by atoms with Gasteiger partial charge in [-0.25, -0.2) is 8.42 Å². The molecule has 0 spiro atoms. The van der Waals surface area contributed by atoms with Crippen molar-refractivity contribution in [1.29, 1.82) is 0 Å². The van der Waals surface area contributed by atoms with Crippen LogP contribution in [0.5, 0.6) is 0 Å². The standard InChI is InChI=1S/C16H15N3O3S2/c1-19(24(21,22)16-6-3-9-23-16)11-15(20)18-14-5-2-4-12-10-17-8-7-13(12)14/h2-10H,11H2,1H3,(H,18,20). The Bertz CT molecular complexity index is 964. The third-order valence-electron chi connectivity index (χ3n) is 3.48. The van der Waals surface area contributed by atoms with Crippen LogP contribution in [-0.2, 0) is 14.8 Å². The number of pyridine rings is 1. The Morgan fingerprint density at radius 1 is 1.25 bits per heavy atom. The maximum atomic E-state index is 12.3. The van der Waals surface area contributed by atoms with E-state index in [2.05, 4.69) is 10.3 Å². The number of hydrogen-bond donors (Lipinski definition) is 1. The number of aromatic nitrogens is 1. The molecule has 1 amide bonds. The highest BCUT2D eigenvalue weighted by molar-refractivity contribution is 7.91. The smallest absolute Gasteiger partial charge is 0.252 e. The van der Waals surface area contributed by atoms with Gasteiger partial charge < -0.3 is 5.32 Å². The summed E-state index contributed by atoms with van der Waals surface area (Å²) in [4.78, 5) is 16.3. The van der Waals surface area contributed by atoms with Gasteiger partial charge in [-0.2, -0.15) is 4.31 Å². The lowest BCUT2D eigenvalue weighted by molar-refractivity contribution is -0.116. The molecule has 0 fully saturated rings. The quantitative estimate of drug-likeness (QED) is 0.757. The summed E-state index contributed by atoms with van der Waals surface area (Å²) in [5.74, 6) is -0.401. The fourth-order valence-corrected chi connectivity index (χ4v) is 4.60. The van der Waals surface area contributed by atoms with E-state index in [0.29, 0.717) is 5.69 Å². The lowest BCUT2D eigenvalue weighted by Gasteiger charge is -2.16. The minimum absolute atomic E-state index is 0.217. The number of amides is 1. The van der Waals surface area contributed by atoms with Gasteiger partial charge in [-0.05, 0) is 23.6 Å². The third kappa shape index (κ3) is 3.30. The summed E-state index contributed by atoms with van der Waals surface area (Å²) >= 11 is 1.12. The van der Waals surface area contributed by atoms with Gasteiger partial charge in [0.05, 0.1) is 6.54 Å². The van der Waals surface area contributed by atoms with E-state index in [1.807, 2.05) is 12.1 Å². The number of thiophene rings is 1. The highest BCUT2D eigenvalue weighted by Gasteiger charge is 2.23. The number of carbonyl (C=O) groups is 1. The van der Waals surface area contributed by atoms with Crippen LogP contribution in [0.15, 0.2) is 58.4 Å². The number of nitrogens with one attached hydrogen (secondary N) is 1. The summed E-state index contributed by atoms with van der Waals surface area (Å²) in [6, 6.07) is 10.5. The molecule has 124 valence electrons. The fourth-order valence-electron chi connectivity index (χ4n) is 2.27. The average Bonchev–Trinajstić information content (AvgIpc) is 3.10. The van der Waals surface area contributed by atoms with Crippen molar-refractivity contribution in [3.8, 4) is 0 Å². The molecule has 2 heterocycles. The Hall–Kier alpha value is -2.29. The lowest BCUT2D eigenvalue weighted by atomic mass is 10.1. The molecule has 0 unspecified atom stereocenters. The van der Waals surface area contributed by atoms with Gasteiger partial charge in [-0.15, -0.1) is 11.3 Å². The maximum absolute atomic E-state index is 12.3. The summed E-state index contributed by atoms with van der Waals surface area (Å²) in [5, 5.41) is 6.20. The molecule has 24 heavy (non-hydrogen) atoms. The van der Waals surface area contributed by atoms with E-state index in [1.165, 1.54) is 13.1 Å². The molecule has 2 aromatic heterocycles. The number of fused-ring (bicyclic) bond motifs is 1. The molecule has 1 aromatic carbocycles. The van der Waals surface area contributed by atoms with E-state index in [4.69, 9.17) is 0 Å². The van der Waals surface area contributed by atoms with Crippen LogP contribution in [0.25, 0.3) is 10.8 Å². The van der Waals surface area contributed by atoms with Crippen molar-refractivity contribution in [2.24, 2.45) is 0 Å². The van der Waals surface area contributed by atoms with Gasteiger partial charge in [-0.1, -0.05) is 18.2 Å². The molecule has 3 aromatic rings. The van der Waals surface area contributed by atoms with Gasteiger partial charge >= 0.3 is 0 Å². The van der Waals surface area contributed by atoms with Crippen molar-refractivity contribution in [2.75, 3.05) is 18.9 Å². The van der Waals surface area contributed by atoms with Crippen molar-refractivity contribution in [2.45, 2.75) is 4.21 Å². The van der Waals surface area contributed by atoms with Gasteiger partial charge in [0.25, 0.3) is 10.0 Å². The van der Waals surface area contributed by atoms with Crippen LogP contribution in [0.3, 0.4) is 0 Å². The number of rotatable bonds is 5. The van der Waals surface area contributed by atoms with Gasteiger partial charge in [0.1, 0.15) is 4.21 Å². The summed E-state index contributed by atoms with van der Waals surface area (Å²) in [5.41, 5.74) is 0.627. The van der Waals surface area contributed by atoms with Crippen LogP contribution in [0, 0.1) is 0 Å². The van der Waals surface area contributed by atoms with E-state index >= 15 is 0 Å². The molecule has 0 bridgehead atoms. The molecule has 0 aliphatic carbocycles. The first-order valence-electron chi connectivity index (χ1n) is 7.11. The minimum atomic E-state index is -3.64. The van der Waals surface area contributed by atoms with Gasteiger partial charge in [0, 0.05) is 35.9 Å². The van der Waals surface area contributed by atoms with Gasteiger partial charge in [0.15, 0.2) is 0 Å². The number of nitrogens with zero attached hydrogens (tertiary/aromatic N) is 2. The zero-order valence-corrected chi connectivity index (χ0v) is 14.5. The molecule has 1 N–H and O–H groups in total. The minimum Gasteiger partial charge on any atom is -0.324 e. The third-order valence-corrected chi connectivity index (χ3v) is 6.66. The summed E-state index contributed by atoms with van der Waals surface area (Å²) in [7, 11) is -2.25. The zero-order chi connectivity index (χ0) is 17.2. The van der Waals surface area contributed by atoms with Crippen LogP contribution < -0.4 is 5.32 Å². The van der Waals surface area contributed by atoms with Crippen LogP contribution in [0.4, 0.5) is 5.69 Å². The summed E-state index contributed by atoms with van der Waals surface area (Å²) < 4.78 is 25.9. The highest BCUT2D eigenvalue weighted by atomic mass is 32.2. The Morgan fingerprint density at radius 3 is 2.83 bits per heavy atom. The number of hydrogen-bond acceptors (Lipinski definition) is 5. The molecule has 0 radical (unpaired) electrons. The van der Waals surface area contributed by atoms with Gasteiger partial charge in [0.2, 0.25) is 5.91 Å². The first-order valence-corrected chi connectivity index (χ1v) is 9.43. The number of carbonyl (C=O) groups excluding carboxylic acids is 1. The topological polar surface area (TPSA) is 79.4 Å². The predicted octanol–water partition coefficient (Wildman–Crippen LogP) is 2.56. The van der Waals surface area contributed by atoms with Crippen LogP contribution in [-0.4, -0.2) is 37.2 Å². The first kappa shape index (κ1) is 16.6. The van der Waals surface area contributed by atoms with E-state index in [1.54, 1.807) is 36.0 Å². The van der Waals surface area contributed by atoms with E-state index in [-0.39, 0.29) is 10.8 Å². The monoisotopic (exact) mass is 361 g/mol. The molecule has 0 saturated heterocycles. The highest BCUT2D eigenvalue weighted by Crippen LogP contribution is 2.23. The van der Waals surface area contributed by atoms with Crippen LogP contribution >= 0.6 is 11.3 Å². The summed E-state index contributed by atoms with van der Waals surface area (Å²) in [6.07, 6.45) is 3.35. The van der Waals surface area contributed by atoms with Crippen molar-refractivity contribution in [3.05, 3.63) is 54.2 Å². The Morgan fingerprint density at radius 2 is 2.08 bits per heavy atom. The molecule has 0 saturated carbocycles. The predicted molar refractivity (Wildman–Crippen MR) is 94.5 cm³/mol. The first-order chi connectivity index (χ1) is 11.5. The molecule has 8 heteroatoms. The van der Waals surface area contributed by atoms with Crippen molar-refractivity contribution < 1.29 is 13.2 Å². The maximum Gasteiger partial charge on any atom is 0.252 e. The average molecular weight is 361 g/mol. The molecular formula is C16H15N3O3S2. The SMILES string of the molecule is CN(CC(=O)Nc1cccc2cnccc12)S(=O)(=O)c1cccs1. The van der Waals surface area contributed by atoms with E-state index in [9.17, 15) is 13.2 Å². The number of benzene rings is 1. The Labute approximate surface area is 143 Å². The molecular weight excluding hydrogens is 346 g/mol. The largest absolute Gasteiger partial charge is 0.324 e. The second kappa shape index (κ2) is 6.68. The van der Waals surface area contributed by atoms with E-state index < -0.39 is 15.9 Å². The van der Waals surface area contributed by atoms with Gasteiger partial charge in [-0.3, -0.25) is 9.78 Å². The molecule has 0 aliphatic heterocycles. The zero-order valence-electron chi connectivity index (χ0n) is 12.8.